The first kappa shape index (κ1) is 23.2. The molecule has 2 unspecified atom stereocenters. The number of hydrogen-bond acceptors (Lipinski definition) is 1. The Hall–Kier alpha value is -1.11. The van der Waals surface area contributed by atoms with Crippen molar-refractivity contribution in [2.24, 2.45) is 11.8 Å². The van der Waals surface area contributed by atoms with Crippen LogP contribution >= 0.6 is 0 Å². The fourth-order valence-electron chi connectivity index (χ4n) is 2.02. The molecule has 0 radical (unpaired) electrons. The predicted molar refractivity (Wildman–Crippen MR) is 101 cm³/mol. The van der Waals surface area contributed by atoms with E-state index in [4.69, 9.17) is 0 Å². The Morgan fingerprint density at radius 3 is 1.91 bits per heavy atom. The molecule has 0 aliphatic rings. The van der Waals surface area contributed by atoms with E-state index in [1.165, 1.54) is 16.7 Å². The number of carbonyl (C=O) groups is 1. The van der Waals surface area contributed by atoms with Crippen LogP contribution in [-0.2, 0) is 11.2 Å². The SMILES string of the molecule is CC.CCC(=O)C(C)C(C)CC.CCc1ccc(C)c(C)c1. The summed E-state index contributed by atoms with van der Waals surface area (Å²) in [6.07, 6.45) is 2.93. The molecule has 0 aliphatic heterocycles. The topological polar surface area (TPSA) is 17.1 Å². The van der Waals surface area contributed by atoms with Crippen molar-refractivity contribution in [2.75, 3.05) is 0 Å². The number of carbonyl (C=O) groups excluding carboxylic acids is 1. The molecule has 1 rings (SSSR count). The first-order chi connectivity index (χ1) is 10.4. The zero-order chi connectivity index (χ0) is 17.7. The second-order valence-corrected chi connectivity index (χ2v) is 5.77. The third-order valence-corrected chi connectivity index (χ3v) is 4.33. The minimum absolute atomic E-state index is 0.259. The van der Waals surface area contributed by atoms with Crippen LogP contribution in [-0.4, -0.2) is 5.78 Å². The van der Waals surface area contributed by atoms with Gasteiger partial charge in [-0.05, 0) is 42.9 Å². The number of ketones is 1. The summed E-state index contributed by atoms with van der Waals surface area (Å²) in [4.78, 5) is 11.1. The Morgan fingerprint density at radius 2 is 1.55 bits per heavy atom. The summed E-state index contributed by atoms with van der Waals surface area (Å²) in [6, 6.07) is 6.64. The van der Waals surface area contributed by atoms with Crippen LogP contribution in [0.2, 0.25) is 0 Å². The highest BCUT2D eigenvalue weighted by Gasteiger charge is 2.16. The van der Waals surface area contributed by atoms with Crippen LogP contribution in [0.3, 0.4) is 0 Å². The van der Waals surface area contributed by atoms with Crippen LogP contribution in [0.15, 0.2) is 18.2 Å². The second kappa shape index (κ2) is 13.5. The monoisotopic (exact) mass is 306 g/mol. The van der Waals surface area contributed by atoms with Crippen LogP contribution in [0.5, 0.6) is 0 Å². The van der Waals surface area contributed by atoms with Crippen LogP contribution in [0.25, 0.3) is 0 Å². The third-order valence-electron chi connectivity index (χ3n) is 4.33. The molecule has 22 heavy (non-hydrogen) atoms. The van der Waals surface area contributed by atoms with Gasteiger partial charge in [0.2, 0.25) is 0 Å². The smallest absolute Gasteiger partial charge is 0.135 e. The molecule has 0 saturated carbocycles. The predicted octanol–water partition coefficient (Wildman–Crippen LogP) is 6.54. The van der Waals surface area contributed by atoms with Gasteiger partial charge in [-0.1, -0.05) is 73.1 Å². The Balaban J connectivity index is 0. The average Bonchev–Trinajstić information content (AvgIpc) is 2.57. The average molecular weight is 307 g/mol. The lowest BCUT2D eigenvalue weighted by Gasteiger charge is -2.15. The number of Topliss-reactive ketones (excluding diaryl/α,β-unsaturated/α-hetero) is 1. The first-order valence-corrected chi connectivity index (χ1v) is 8.96. The molecule has 0 bridgehead atoms. The quantitative estimate of drug-likeness (QED) is 0.603. The Morgan fingerprint density at radius 1 is 1.00 bits per heavy atom. The fourth-order valence-corrected chi connectivity index (χ4v) is 2.02. The van der Waals surface area contributed by atoms with Crippen molar-refractivity contribution in [3.63, 3.8) is 0 Å². The number of rotatable bonds is 5. The maximum atomic E-state index is 11.1. The normalized spacial score (nSPS) is 12.2. The van der Waals surface area contributed by atoms with E-state index in [9.17, 15) is 4.79 Å². The lowest BCUT2D eigenvalue weighted by molar-refractivity contribution is -0.123. The van der Waals surface area contributed by atoms with Gasteiger partial charge in [0, 0.05) is 12.3 Å². The number of benzene rings is 1. The van der Waals surface area contributed by atoms with Crippen molar-refractivity contribution >= 4 is 5.78 Å². The minimum atomic E-state index is 0.259. The Bertz CT molecular complexity index is 406. The lowest BCUT2D eigenvalue weighted by Crippen LogP contribution is -2.17. The third kappa shape index (κ3) is 9.02. The largest absolute Gasteiger partial charge is 0.299 e. The van der Waals surface area contributed by atoms with Crippen molar-refractivity contribution in [1.29, 1.82) is 0 Å². The molecule has 0 spiro atoms. The molecule has 1 aromatic rings. The van der Waals surface area contributed by atoms with Gasteiger partial charge >= 0.3 is 0 Å². The molecule has 0 amide bonds. The highest BCUT2D eigenvalue weighted by atomic mass is 16.1. The second-order valence-electron chi connectivity index (χ2n) is 5.77. The fraction of sp³-hybridized carbons (Fsp3) is 0.667. The van der Waals surface area contributed by atoms with Gasteiger partial charge in [0.25, 0.3) is 0 Å². The van der Waals surface area contributed by atoms with E-state index < -0.39 is 0 Å². The zero-order valence-electron chi connectivity index (χ0n) is 16.4. The summed E-state index contributed by atoms with van der Waals surface area (Å²) in [5.74, 6) is 1.21. The van der Waals surface area contributed by atoms with Gasteiger partial charge in [-0.15, -0.1) is 0 Å². The molecule has 1 heteroatoms. The van der Waals surface area contributed by atoms with Gasteiger partial charge in [0.15, 0.2) is 0 Å². The molecule has 0 fully saturated rings. The zero-order valence-corrected chi connectivity index (χ0v) is 16.4. The summed E-state index contributed by atoms with van der Waals surface area (Å²) >= 11 is 0. The van der Waals surface area contributed by atoms with Crippen LogP contribution < -0.4 is 0 Å². The molecule has 1 aromatic carbocycles. The standard InChI is InChI=1S/C10H14.C9H18O.C2H6/c1-4-10-6-5-8(2)9(3)7-10;1-5-7(3)8(4)9(10)6-2;1-2/h5-7H,4H2,1-3H3;7-8H,5-6H2,1-4H3;1-2H3. The van der Waals surface area contributed by atoms with E-state index in [0.717, 1.165) is 12.8 Å². The van der Waals surface area contributed by atoms with Crippen molar-refractivity contribution in [2.45, 2.75) is 81.6 Å². The maximum absolute atomic E-state index is 11.1. The van der Waals surface area contributed by atoms with Gasteiger partial charge < -0.3 is 0 Å². The minimum Gasteiger partial charge on any atom is -0.299 e. The highest BCUT2D eigenvalue weighted by molar-refractivity contribution is 5.80. The molecule has 128 valence electrons. The lowest BCUT2D eigenvalue weighted by atomic mass is 9.89. The van der Waals surface area contributed by atoms with E-state index >= 15 is 0 Å². The summed E-state index contributed by atoms with van der Waals surface area (Å²) in [5, 5.41) is 0. The van der Waals surface area contributed by atoms with Crippen LogP contribution in [0.1, 0.15) is 78.0 Å². The van der Waals surface area contributed by atoms with Crippen molar-refractivity contribution < 1.29 is 4.79 Å². The van der Waals surface area contributed by atoms with Gasteiger partial charge in [-0.2, -0.15) is 0 Å². The van der Waals surface area contributed by atoms with Crippen LogP contribution in [0, 0.1) is 25.7 Å². The van der Waals surface area contributed by atoms with E-state index in [1.54, 1.807) is 0 Å². The van der Waals surface area contributed by atoms with Crippen LogP contribution in [0.4, 0.5) is 0 Å². The number of hydrogen-bond donors (Lipinski definition) is 0. The van der Waals surface area contributed by atoms with Gasteiger partial charge in [-0.3, -0.25) is 4.79 Å². The van der Waals surface area contributed by atoms with Crippen molar-refractivity contribution in [1.82, 2.24) is 0 Å². The molecule has 0 aromatic heterocycles. The molecule has 1 nitrogen and oxygen atoms in total. The van der Waals surface area contributed by atoms with E-state index in [-0.39, 0.29) is 5.92 Å². The van der Waals surface area contributed by atoms with Gasteiger partial charge in [0.1, 0.15) is 5.78 Å². The summed E-state index contributed by atoms with van der Waals surface area (Å²) in [5.41, 5.74) is 4.22. The summed E-state index contributed by atoms with van der Waals surface area (Å²) in [7, 11) is 0. The first-order valence-electron chi connectivity index (χ1n) is 8.96. The molecule has 2 atom stereocenters. The summed E-state index contributed by atoms with van der Waals surface area (Å²) in [6.45, 7) is 18.7. The van der Waals surface area contributed by atoms with Gasteiger partial charge in [0.05, 0.1) is 0 Å². The molecular weight excluding hydrogens is 268 g/mol. The number of aryl methyl sites for hydroxylation is 3. The van der Waals surface area contributed by atoms with Crippen molar-refractivity contribution in [3.8, 4) is 0 Å². The maximum Gasteiger partial charge on any atom is 0.135 e. The summed E-state index contributed by atoms with van der Waals surface area (Å²) < 4.78 is 0. The Kier molecular flexibility index (Phi) is 14.3. The molecule has 0 heterocycles. The molecule has 0 aliphatic carbocycles. The molecule has 0 saturated heterocycles. The highest BCUT2D eigenvalue weighted by Crippen LogP contribution is 2.16. The van der Waals surface area contributed by atoms with Gasteiger partial charge in [-0.25, -0.2) is 0 Å². The van der Waals surface area contributed by atoms with Crippen molar-refractivity contribution in [3.05, 3.63) is 34.9 Å². The molecule has 0 N–H and O–H groups in total. The van der Waals surface area contributed by atoms with E-state index in [1.807, 2.05) is 27.7 Å². The van der Waals surface area contributed by atoms with E-state index in [2.05, 4.69) is 52.8 Å². The van der Waals surface area contributed by atoms with E-state index in [0.29, 0.717) is 18.1 Å². The Labute approximate surface area is 139 Å². The molecular formula is C21H38O.